The van der Waals surface area contributed by atoms with Gasteiger partial charge in [-0.2, -0.15) is 0 Å². The van der Waals surface area contributed by atoms with Crippen LogP contribution in [0.4, 0.5) is 5.69 Å². The average molecular weight is 432 g/mol. The number of rotatable bonds is 6. The molecular weight excluding hydrogens is 408 g/mol. The molecule has 6 rings (SSSR count). The van der Waals surface area contributed by atoms with Crippen LogP contribution in [0.5, 0.6) is 11.5 Å². The Morgan fingerprint density at radius 3 is 2.84 bits per heavy atom. The van der Waals surface area contributed by atoms with Crippen LogP contribution < -0.4 is 19.7 Å². The highest BCUT2D eigenvalue weighted by Crippen LogP contribution is 2.53. The van der Waals surface area contributed by atoms with Gasteiger partial charge in [0.1, 0.15) is 5.60 Å². The van der Waals surface area contributed by atoms with Gasteiger partial charge in [-0.1, -0.05) is 42.5 Å². The second kappa shape index (κ2) is 7.38. The summed E-state index contributed by atoms with van der Waals surface area (Å²) in [6.45, 7) is 1.14. The smallest absolute Gasteiger partial charge is 0.234 e. The molecule has 32 heavy (non-hydrogen) atoms. The van der Waals surface area contributed by atoms with Crippen molar-refractivity contribution < 1.29 is 23.8 Å². The van der Waals surface area contributed by atoms with Gasteiger partial charge in [0.05, 0.1) is 24.5 Å². The van der Waals surface area contributed by atoms with E-state index in [0.29, 0.717) is 24.6 Å². The molecule has 2 fully saturated rings. The van der Waals surface area contributed by atoms with E-state index < -0.39 is 17.4 Å². The van der Waals surface area contributed by atoms with Crippen LogP contribution in [0.1, 0.15) is 12.0 Å². The highest BCUT2D eigenvalue weighted by molar-refractivity contribution is 6.03. The summed E-state index contributed by atoms with van der Waals surface area (Å²) in [5.74, 6) is 0.0718. The third kappa shape index (κ3) is 2.99. The van der Waals surface area contributed by atoms with Gasteiger partial charge in [-0.25, -0.2) is 0 Å². The fourth-order valence-electron chi connectivity index (χ4n) is 5.34. The van der Waals surface area contributed by atoms with E-state index in [1.165, 1.54) is 5.56 Å². The number of fused-ring (bicyclic) bond motifs is 2. The number of hydrogen-bond acceptors (Lipinski definition) is 5. The average Bonchev–Trinajstić information content (AvgIpc) is 3.57. The summed E-state index contributed by atoms with van der Waals surface area (Å²) in [5.41, 5.74) is 1.23. The standard InChI is InChI=1S/C25H24N2O5/c28-23(26-12-4-7-16-5-2-1-3-6-16)21-19-10-11-25(32-19)14-27(24(29)22(21)25)17-8-9-18-20(13-17)31-15-30-18/h1-3,5-6,8-11,13,19,21-22H,4,7,12,14-15H2,(H,26,28)/t19-,21?,22?,25?/m0/s1. The van der Waals surface area contributed by atoms with E-state index in [-0.39, 0.29) is 24.7 Å². The molecule has 2 amide bonds. The topological polar surface area (TPSA) is 77.1 Å². The van der Waals surface area contributed by atoms with Crippen LogP contribution in [0.15, 0.2) is 60.7 Å². The third-order valence-corrected chi connectivity index (χ3v) is 6.86. The molecule has 7 nitrogen and oxygen atoms in total. The lowest BCUT2D eigenvalue weighted by molar-refractivity contribution is -0.131. The largest absolute Gasteiger partial charge is 0.454 e. The predicted octanol–water partition coefficient (Wildman–Crippen LogP) is 2.45. The molecule has 4 atom stereocenters. The molecule has 3 unspecified atom stereocenters. The first kappa shape index (κ1) is 19.4. The fourth-order valence-corrected chi connectivity index (χ4v) is 5.34. The van der Waals surface area contributed by atoms with E-state index in [1.807, 2.05) is 48.6 Å². The van der Waals surface area contributed by atoms with Gasteiger partial charge in [0.25, 0.3) is 0 Å². The molecule has 1 spiro atoms. The summed E-state index contributed by atoms with van der Waals surface area (Å²) in [6.07, 6.45) is 5.29. The number of carbonyl (C=O) groups excluding carboxylic acids is 2. The minimum atomic E-state index is -0.746. The Morgan fingerprint density at radius 2 is 1.97 bits per heavy atom. The highest BCUT2D eigenvalue weighted by Gasteiger charge is 2.67. The molecule has 4 aliphatic rings. The Hall–Kier alpha value is -3.32. The van der Waals surface area contributed by atoms with Crippen molar-refractivity contribution in [3.05, 3.63) is 66.2 Å². The molecule has 4 aliphatic heterocycles. The summed E-state index contributed by atoms with van der Waals surface area (Å²) in [6, 6.07) is 15.7. The van der Waals surface area contributed by atoms with Crippen molar-refractivity contribution in [3.8, 4) is 11.5 Å². The van der Waals surface area contributed by atoms with E-state index in [2.05, 4.69) is 17.4 Å². The van der Waals surface area contributed by atoms with Crippen LogP contribution in [-0.4, -0.2) is 43.4 Å². The molecular formula is C25H24N2O5. The number of anilines is 1. The van der Waals surface area contributed by atoms with Crippen LogP contribution in [0.25, 0.3) is 0 Å². The van der Waals surface area contributed by atoms with Gasteiger partial charge in [-0.3, -0.25) is 9.59 Å². The van der Waals surface area contributed by atoms with Gasteiger partial charge >= 0.3 is 0 Å². The summed E-state index contributed by atoms with van der Waals surface area (Å²) in [5, 5.41) is 3.04. The van der Waals surface area contributed by atoms with Crippen molar-refractivity contribution >= 4 is 17.5 Å². The fraction of sp³-hybridized carbons (Fsp3) is 0.360. The van der Waals surface area contributed by atoms with Crippen LogP contribution in [0, 0.1) is 11.8 Å². The van der Waals surface area contributed by atoms with Crippen LogP contribution >= 0.6 is 0 Å². The number of nitrogens with zero attached hydrogens (tertiary/aromatic N) is 1. The van der Waals surface area contributed by atoms with Crippen LogP contribution in [0.2, 0.25) is 0 Å². The number of ether oxygens (including phenoxy) is 3. The summed E-state index contributed by atoms with van der Waals surface area (Å²) in [7, 11) is 0. The van der Waals surface area contributed by atoms with E-state index >= 15 is 0 Å². The first-order valence-corrected chi connectivity index (χ1v) is 11.0. The van der Waals surface area contributed by atoms with Crippen LogP contribution in [0.3, 0.4) is 0 Å². The second-order valence-corrected chi connectivity index (χ2v) is 8.74. The Balaban J connectivity index is 1.15. The molecule has 7 heteroatoms. The monoisotopic (exact) mass is 432 g/mol. The van der Waals surface area contributed by atoms with Crippen molar-refractivity contribution in [2.45, 2.75) is 24.5 Å². The normalized spacial score (nSPS) is 28.9. The van der Waals surface area contributed by atoms with Gasteiger partial charge < -0.3 is 24.4 Å². The lowest BCUT2D eigenvalue weighted by atomic mass is 9.77. The van der Waals surface area contributed by atoms with E-state index in [9.17, 15) is 9.59 Å². The highest BCUT2D eigenvalue weighted by atomic mass is 16.7. The number of nitrogens with one attached hydrogen (secondary N) is 1. The summed E-state index contributed by atoms with van der Waals surface area (Å²) < 4.78 is 17.1. The van der Waals surface area contributed by atoms with Gasteiger partial charge in [-0.05, 0) is 30.5 Å². The zero-order chi connectivity index (χ0) is 21.7. The quantitative estimate of drug-likeness (QED) is 0.561. The van der Waals surface area contributed by atoms with Gasteiger partial charge in [0, 0.05) is 18.3 Å². The zero-order valence-electron chi connectivity index (χ0n) is 17.5. The zero-order valence-corrected chi connectivity index (χ0v) is 17.5. The summed E-state index contributed by atoms with van der Waals surface area (Å²) >= 11 is 0. The van der Waals surface area contributed by atoms with Crippen molar-refractivity contribution in [2.75, 3.05) is 24.8 Å². The van der Waals surface area contributed by atoms with Crippen molar-refractivity contribution in [3.63, 3.8) is 0 Å². The Morgan fingerprint density at radius 1 is 1.12 bits per heavy atom. The maximum Gasteiger partial charge on any atom is 0.234 e. The van der Waals surface area contributed by atoms with Gasteiger partial charge in [0.15, 0.2) is 11.5 Å². The molecule has 2 aromatic rings. The molecule has 0 radical (unpaired) electrons. The molecule has 0 saturated carbocycles. The molecule has 164 valence electrons. The second-order valence-electron chi connectivity index (χ2n) is 8.74. The van der Waals surface area contributed by atoms with Crippen LogP contribution in [-0.2, 0) is 20.7 Å². The van der Waals surface area contributed by atoms with Gasteiger partial charge in [-0.15, -0.1) is 0 Å². The molecule has 4 heterocycles. The Kier molecular flexibility index (Phi) is 4.47. The molecule has 2 saturated heterocycles. The molecule has 0 aliphatic carbocycles. The lowest BCUT2D eigenvalue weighted by Crippen LogP contribution is -2.44. The SMILES string of the molecule is O=C(NCCCc1ccccc1)C1C2C(=O)N(c3ccc4c(c3)OCO4)CC23C=C[C@@H]1O3. The number of carbonyl (C=O) groups is 2. The number of benzene rings is 2. The number of hydrogen-bond donors (Lipinski definition) is 1. The minimum absolute atomic E-state index is 0.0832. The van der Waals surface area contributed by atoms with E-state index in [4.69, 9.17) is 14.2 Å². The maximum atomic E-state index is 13.5. The minimum Gasteiger partial charge on any atom is -0.454 e. The predicted molar refractivity (Wildman–Crippen MR) is 116 cm³/mol. The van der Waals surface area contributed by atoms with Crippen molar-refractivity contribution in [1.82, 2.24) is 5.32 Å². The Labute approximate surface area is 185 Å². The third-order valence-electron chi connectivity index (χ3n) is 6.86. The maximum absolute atomic E-state index is 13.5. The molecule has 1 N–H and O–H groups in total. The lowest BCUT2D eigenvalue weighted by Gasteiger charge is -2.23. The van der Waals surface area contributed by atoms with Gasteiger partial charge in [0.2, 0.25) is 18.6 Å². The molecule has 2 bridgehead atoms. The first-order chi connectivity index (χ1) is 15.6. The first-order valence-electron chi connectivity index (χ1n) is 11.0. The van der Waals surface area contributed by atoms with Crippen molar-refractivity contribution in [2.24, 2.45) is 11.8 Å². The Bertz CT molecular complexity index is 1100. The molecule has 2 aromatic carbocycles. The van der Waals surface area contributed by atoms with E-state index in [1.54, 1.807) is 4.90 Å². The summed E-state index contributed by atoms with van der Waals surface area (Å²) in [4.78, 5) is 28.3. The number of amides is 2. The van der Waals surface area contributed by atoms with E-state index in [0.717, 1.165) is 18.5 Å². The number of aryl methyl sites for hydroxylation is 1. The molecule has 0 aromatic heterocycles. The van der Waals surface area contributed by atoms with Crippen molar-refractivity contribution in [1.29, 1.82) is 0 Å².